The highest BCUT2D eigenvalue weighted by Gasteiger charge is 2.47. The predicted molar refractivity (Wildman–Crippen MR) is 330 cm³/mol. The van der Waals surface area contributed by atoms with Crippen LogP contribution in [0.3, 0.4) is 0 Å². The number of hydrogen-bond donors (Lipinski definition) is 9. The molecule has 5 unspecified atom stereocenters. The molecular weight excluding hydrogens is 1290 g/mol. The molecule has 0 aliphatic carbocycles. The van der Waals surface area contributed by atoms with Gasteiger partial charge < -0.3 is 54.9 Å². The molecule has 0 spiro atoms. The van der Waals surface area contributed by atoms with Crippen LogP contribution in [0.1, 0.15) is 96.1 Å². The Kier molecular flexibility index (Phi) is 23.2. The minimum absolute atomic E-state index is 0.0163. The van der Waals surface area contributed by atoms with Crippen molar-refractivity contribution >= 4 is 111 Å². The van der Waals surface area contributed by atoms with Gasteiger partial charge >= 0.3 is 23.5 Å². The highest BCUT2D eigenvalue weighted by atomic mass is 33.1. The van der Waals surface area contributed by atoms with E-state index in [1.807, 2.05) is 52.8 Å². The first-order valence-corrected chi connectivity index (χ1v) is 37.2. The van der Waals surface area contributed by atoms with Crippen molar-refractivity contribution in [2.45, 2.75) is 112 Å². The van der Waals surface area contributed by atoms with E-state index in [-0.39, 0.29) is 53.4 Å². The summed E-state index contributed by atoms with van der Waals surface area (Å²) in [6.07, 6.45) is 9.92. The molecule has 10 N–H and O–H groups in total. The molecule has 0 radical (unpaired) electrons. The Morgan fingerprint density at radius 3 is 2.27 bits per heavy atom. The van der Waals surface area contributed by atoms with Crippen molar-refractivity contribution < 1.29 is 96.0 Å². The summed E-state index contributed by atoms with van der Waals surface area (Å²) in [5.41, 5.74) is 10.5. The lowest BCUT2D eigenvalue weighted by Gasteiger charge is -2.25. The third-order valence-corrected chi connectivity index (χ3v) is 22.3. The number of carbonyl (C=O) groups is 2. The molecule has 2 aromatic carbocycles. The molecule has 5 heterocycles. The van der Waals surface area contributed by atoms with E-state index in [9.17, 15) is 59.0 Å². The maximum absolute atomic E-state index is 12.8. The Labute approximate surface area is 517 Å². The molecule has 0 saturated carbocycles. The van der Waals surface area contributed by atoms with Crippen LogP contribution in [0, 0.1) is 11.8 Å². The van der Waals surface area contributed by atoms with E-state index in [1.54, 1.807) is 22.9 Å². The second-order valence-electron chi connectivity index (χ2n) is 21.2. The number of likely N-dealkylation sites (N-methyl/N-ethyl adjacent to an activating group) is 1. The van der Waals surface area contributed by atoms with E-state index >= 15 is 0 Å². The van der Waals surface area contributed by atoms with Crippen molar-refractivity contribution in [3.05, 3.63) is 102 Å². The summed E-state index contributed by atoms with van der Waals surface area (Å²) in [6.45, 7) is 14.3. The van der Waals surface area contributed by atoms with Crippen LogP contribution in [0.15, 0.2) is 95.3 Å². The number of ether oxygens (including phenoxy) is 2. The number of allylic oxidation sites excluding steroid dienone is 4. The molecule has 3 aliphatic rings. The van der Waals surface area contributed by atoms with Gasteiger partial charge in [0, 0.05) is 91.0 Å². The van der Waals surface area contributed by atoms with Crippen LogP contribution in [0.25, 0.3) is 11.0 Å². The highest BCUT2D eigenvalue weighted by Crippen LogP contribution is 2.66. The lowest BCUT2D eigenvalue weighted by atomic mass is 9.81. The average Bonchev–Trinajstić information content (AvgIpc) is 1.63. The Hall–Kier alpha value is -5.10. The Morgan fingerprint density at radius 2 is 1.59 bits per heavy atom. The molecule has 7 rings (SSSR count). The summed E-state index contributed by atoms with van der Waals surface area (Å²) < 4.78 is 132. The molecule has 35 heteroatoms. The number of aromatic nitrogens is 3. The lowest BCUT2D eigenvalue weighted by Crippen LogP contribution is -2.29. The van der Waals surface area contributed by atoms with Crippen LogP contribution in [-0.2, 0) is 77.0 Å². The SMILES string of the molecule is C=CCOC1CC(n2cc(C#CCNC(=O)CCSSCCNC(=O)CCCCC[N+]3=C(C=CC=C4N(CC)c5ccc(S(=O)(=O)O)cc5C4(C)C)C(C)(C)c4cc(S(=O)(=O)O)ccc43)c3c(N)ncnc32)OC1COP(=O)(O)OP(=O)(O)OP(=O)(O)O. The van der Waals surface area contributed by atoms with Crippen molar-refractivity contribution in [1.82, 2.24) is 25.2 Å². The molecule has 4 aromatic rings. The number of rotatable bonds is 30. The summed E-state index contributed by atoms with van der Waals surface area (Å²) in [7, 11) is -22.8. The number of nitrogen functional groups attached to an aromatic ring is 1. The molecule has 5 atom stereocenters. The van der Waals surface area contributed by atoms with Crippen LogP contribution in [-0.4, -0.2) is 145 Å². The highest BCUT2D eigenvalue weighted by molar-refractivity contribution is 8.76. The van der Waals surface area contributed by atoms with Crippen molar-refractivity contribution in [2.75, 3.05) is 61.5 Å². The minimum atomic E-state index is -5.76. The second-order valence-corrected chi connectivity index (χ2v) is 31.2. The number of nitrogens with zero attached hydrogens (tertiary/aromatic N) is 5. The predicted octanol–water partition coefficient (Wildman–Crippen LogP) is 6.96. The Bertz CT molecular complexity index is 3860. The largest absolute Gasteiger partial charge is 0.490 e. The zero-order valence-corrected chi connectivity index (χ0v) is 54.4. The van der Waals surface area contributed by atoms with Gasteiger partial charge in [-0.1, -0.05) is 59.4 Å². The topological polar surface area (TPSA) is 408 Å². The number of phosphoric ester groups is 1. The van der Waals surface area contributed by atoms with Crippen LogP contribution in [0.4, 0.5) is 17.2 Å². The van der Waals surface area contributed by atoms with Gasteiger partial charge in [0.1, 0.15) is 36.7 Å². The molecule has 2 amide bonds. The first-order valence-electron chi connectivity index (χ1n) is 27.3. The number of hydrogen-bond acceptors (Lipinski definition) is 20. The Morgan fingerprint density at radius 1 is 0.909 bits per heavy atom. The molecule has 0 bridgehead atoms. The lowest BCUT2D eigenvalue weighted by molar-refractivity contribution is -0.438. The summed E-state index contributed by atoms with van der Waals surface area (Å²) in [6, 6.07) is 9.15. The van der Waals surface area contributed by atoms with Crippen molar-refractivity contribution in [3.63, 3.8) is 0 Å². The summed E-state index contributed by atoms with van der Waals surface area (Å²) in [4.78, 5) is 72.8. The van der Waals surface area contributed by atoms with Crippen molar-refractivity contribution in [3.8, 4) is 11.8 Å². The van der Waals surface area contributed by atoms with E-state index in [1.165, 1.54) is 58.3 Å². The number of benzene rings is 2. The van der Waals surface area contributed by atoms with Gasteiger partial charge in [-0.3, -0.25) is 23.2 Å². The second kappa shape index (κ2) is 29.0. The third kappa shape index (κ3) is 17.9. The van der Waals surface area contributed by atoms with E-state index in [0.717, 1.165) is 40.3 Å². The number of nitrogens with two attached hydrogens (primary N) is 1. The van der Waals surface area contributed by atoms with Gasteiger partial charge in [-0.25, -0.2) is 23.7 Å². The fourth-order valence-corrected chi connectivity index (χ4v) is 16.3. The average molecular weight is 1360 g/mol. The van der Waals surface area contributed by atoms with Crippen molar-refractivity contribution in [1.29, 1.82) is 0 Å². The fourth-order valence-electron chi connectivity index (χ4n) is 10.4. The van der Waals surface area contributed by atoms with Crippen molar-refractivity contribution in [2.24, 2.45) is 0 Å². The first-order chi connectivity index (χ1) is 41.2. The number of unbranched alkanes of at least 4 members (excludes halogenated alkanes) is 2. The molecule has 28 nitrogen and oxygen atoms in total. The van der Waals surface area contributed by atoms with Crippen LogP contribution in [0.2, 0.25) is 0 Å². The van der Waals surface area contributed by atoms with E-state index in [4.69, 9.17) is 29.5 Å². The number of amides is 2. The summed E-state index contributed by atoms with van der Waals surface area (Å²) in [5.74, 6) is 6.69. The standard InChI is InChI=1S/C53H69N8O20P3S4/c1-7-26-77-42-31-48(79-43(42)33-78-83(67,68)81-84(69,70)80-82(64,65)66)61-32-35(49-50(54)57-34-58-51(49)61)14-13-23-55-47(63)22-27-85-86-28-24-56-46(62)17-10-9-11-25-60-41-21-19-37(88(74,75)76)30-39(41)53(5,6)45(60)16-12-15-44-52(3,4)38-29-36(87(71,72)73)18-20-40(38)59(44)8-2/h7,12,15-16,18-21,29-30,32,34,42-43,48H,1,8-11,17,22-28,31,33H2,2-6H3,(H9-,54,55,56,57,58,62,63,64,65,66,67,68,69,70,71,72,73,74,75,76)/p+1. The zero-order valence-electron chi connectivity index (χ0n) is 48.5. The monoisotopic (exact) mass is 1360 g/mol. The van der Waals surface area contributed by atoms with E-state index < -0.39 is 79.6 Å². The maximum Gasteiger partial charge on any atom is 0.490 e. The minimum Gasteiger partial charge on any atom is -0.383 e. The molecule has 480 valence electrons. The van der Waals surface area contributed by atoms with Crippen LogP contribution >= 0.6 is 45.1 Å². The zero-order chi connectivity index (χ0) is 64.6. The van der Waals surface area contributed by atoms with Gasteiger partial charge in [0.05, 0.1) is 52.0 Å². The molecular formula is C53H70N8O20P3S4+. The molecule has 1 saturated heterocycles. The van der Waals surface area contributed by atoms with Gasteiger partial charge in [0.25, 0.3) is 20.2 Å². The summed E-state index contributed by atoms with van der Waals surface area (Å²) in [5, 5.41) is 6.06. The van der Waals surface area contributed by atoms with Crippen LogP contribution in [0.5, 0.6) is 0 Å². The van der Waals surface area contributed by atoms with E-state index in [2.05, 4.69) is 57.1 Å². The maximum atomic E-state index is 12.8. The smallest absolute Gasteiger partial charge is 0.383 e. The third-order valence-electron chi connectivity index (χ3n) is 14.4. The Balaban J connectivity index is 0.847. The number of phosphoric acid groups is 3. The normalized spacial score (nSPS) is 20.0. The van der Waals surface area contributed by atoms with Crippen LogP contribution < -0.4 is 21.3 Å². The number of carbonyl (C=O) groups excluding carboxylic acids is 2. The molecule has 2 aromatic heterocycles. The number of anilines is 2. The van der Waals surface area contributed by atoms with Gasteiger partial charge in [-0.2, -0.15) is 30.0 Å². The summed E-state index contributed by atoms with van der Waals surface area (Å²) >= 11 is 0. The first kappa shape index (κ1) is 70.4. The van der Waals surface area contributed by atoms with Gasteiger partial charge in [0.15, 0.2) is 5.71 Å². The fraction of sp³-hybridized carbons (Fsp3) is 0.453. The number of nitrogens with one attached hydrogen (secondary N) is 2. The van der Waals surface area contributed by atoms with Gasteiger partial charge in [0.2, 0.25) is 17.5 Å². The van der Waals surface area contributed by atoms with Gasteiger partial charge in [-0.05, 0) is 75.6 Å². The van der Waals surface area contributed by atoms with E-state index in [0.29, 0.717) is 67.0 Å². The molecule has 88 heavy (non-hydrogen) atoms. The quantitative estimate of drug-likeness (QED) is 0.00484. The van der Waals surface area contributed by atoms with Gasteiger partial charge in [-0.15, -0.1) is 6.58 Å². The number of fused-ring (bicyclic) bond motifs is 3. The molecule has 1 fully saturated rings. The molecule has 3 aliphatic heterocycles.